The molecule has 1 atom stereocenters. The summed E-state index contributed by atoms with van der Waals surface area (Å²) in [6, 6.07) is 0.248. The summed E-state index contributed by atoms with van der Waals surface area (Å²) >= 11 is 0. The van der Waals surface area contributed by atoms with E-state index in [-0.39, 0.29) is 11.7 Å². The third-order valence-corrected chi connectivity index (χ3v) is 3.28. The smallest absolute Gasteiger partial charge is 0.316 e. The van der Waals surface area contributed by atoms with Crippen molar-refractivity contribution in [3.8, 4) is 0 Å². The SMILES string of the molecule is CC(C)n1ccn(CC2CCCNC2)c1=O. The number of aromatic nitrogens is 2. The van der Waals surface area contributed by atoms with Crippen LogP contribution in [0.3, 0.4) is 0 Å². The van der Waals surface area contributed by atoms with Crippen molar-refractivity contribution in [1.82, 2.24) is 14.5 Å². The molecule has 1 aromatic heterocycles. The second-order valence-corrected chi connectivity index (χ2v) is 4.95. The molecule has 4 heteroatoms. The first-order valence-corrected chi connectivity index (χ1v) is 6.16. The molecule has 0 aromatic carbocycles. The summed E-state index contributed by atoms with van der Waals surface area (Å²) in [7, 11) is 0. The van der Waals surface area contributed by atoms with Crippen molar-refractivity contribution in [1.29, 1.82) is 0 Å². The number of piperidine rings is 1. The molecule has 1 unspecified atom stereocenters. The van der Waals surface area contributed by atoms with Gasteiger partial charge in [0.25, 0.3) is 0 Å². The maximum absolute atomic E-state index is 12.0. The number of hydrogen-bond acceptors (Lipinski definition) is 2. The van der Waals surface area contributed by atoms with Crippen molar-refractivity contribution in [3.63, 3.8) is 0 Å². The molecule has 0 spiro atoms. The highest BCUT2D eigenvalue weighted by Crippen LogP contribution is 2.11. The zero-order chi connectivity index (χ0) is 11.5. The lowest BCUT2D eigenvalue weighted by Gasteiger charge is -2.22. The summed E-state index contributed by atoms with van der Waals surface area (Å²) in [5.41, 5.74) is 0.126. The monoisotopic (exact) mass is 223 g/mol. The van der Waals surface area contributed by atoms with Crippen LogP contribution in [0.4, 0.5) is 0 Å². The van der Waals surface area contributed by atoms with Crippen LogP contribution in [-0.4, -0.2) is 22.2 Å². The fourth-order valence-corrected chi connectivity index (χ4v) is 2.32. The van der Waals surface area contributed by atoms with Gasteiger partial charge in [-0.2, -0.15) is 0 Å². The van der Waals surface area contributed by atoms with Crippen molar-refractivity contribution < 1.29 is 0 Å². The van der Waals surface area contributed by atoms with Gasteiger partial charge >= 0.3 is 5.69 Å². The van der Waals surface area contributed by atoms with Crippen LogP contribution in [-0.2, 0) is 6.54 Å². The summed E-state index contributed by atoms with van der Waals surface area (Å²) in [5.74, 6) is 0.606. The highest BCUT2D eigenvalue weighted by Gasteiger charge is 2.15. The summed E-state index contributed by atoms with van der Waals surface area (Å²) in [6.45, 7) is 7.09. The standard InChI is InChI=1S/C12H21N3O/c1-10(2)15-7-6-14(12(15)16)9-11-4-3-5-13-8-11/h6-7,10-11,13H,3-5,8-9H2,1-2H3. The molecule has 2 rings (SSSR count). The van der Waals surface area contributed by atoms with Crippen LogP contribution in [0.2, 0.25) is 0 Å². The molecule has 90 valence electrons. The van der Waals surface area contributed by atoms with Crippen molar-refractivity contribution in [2.24, 2.45) is 5.92 Å². The molecule has 0 radical (unpaired) electrons. The van der Waals surface area contributed by atoms with E-state index in [0.29, 0.717) is 5.92 Å². The Kier molecular flexibility index (Phi) is 3.49. The number of nitrogens with one attached hydrogen (secondary N) is 1. The van der Waals surface area contributed by atoms with Crippen molar-refractivity contribution in [3.05, 3.63) is 22.9 Å². The van der Waals surface area contributed by atoms with Crippen molar-refractivity contribution in [2.45, 2.75) is 39.3 Å². The molecule has 2 heterocycles. The number of rotatable bonds is 3. The predicted octanol–water partition coefficient (Wildman–Crippen LogP) is 1.23. The van der Waals surface area contributed by atoms with Crippen LogP contribution in [0.1, 0.15) is 32.7 Å². The van der Waals surface area contributed by atoms with Gasteiger partial charge in [0.1, 0.15) is 0 Å². The zero-order valence-electron chi connectivity index (χ0n) is 10.1. The molecule has 0 bridgehead atoms. The molecule has 16 heavy (non-hydrogen) atoms. The number of hydrogen-bond donors (Lipinski definition) is 1. The summed E-state index contributed by atoms with van der Waals surface area (Å²) in [4.78, 5) is 12.0. The van der Waals surface area contributed by atoms with Crippen LogP contribution in [0.5, 0.6) is 0 Å². The number of imidazole rings is 1. The van der Waals surface area contributed by atoms with Crippen molar-refractivity contribution >= 4 is 0 Å². The van der Waals surface area contributed by atoms with Gasteiger partial charge in [0.2, 0.25) is 0 Å². The third-order valence-electron chi connectivity index (χ3n) is 3.28. The fourth-order valence-electron chi connectivity index (χ4n) is 2.32. The average Bonchev–Trinajstić information content (AvgIpc) is 2.62. The molecule has 1 aliphatic rings. The Labute approximate surface area is 96.3 Å². The van der Waals surface area contributed by atoms with Crippen LogP contribution >= 0.6 is 0 Å². The van der Waals surface area contributed by atoms with Crippen LogP contribution in [0, 0.1) is 5.92 Å². The first-order chi connectivity index (χ1) is 7.68. The number of nitrogens with zero attached hydrogens (tertiary/aromatic N) is 2. The topological polar surface area (TPSA) is 39.0 Å². The minimum absolute atomic E-state index is 0.126. The largest absolute Gasteiger partial charge is 0.328 e. The molecular formula is C12H21N3O. The summed E-state index contributed by atoms with van der Waals surface area (Å²) < 4.78 is 3.63. The minimum atomic E-state index is 0.126. The van der Waals surface area contributed by atoms with E-state index in [4.69, 9.17) is 0 Å². The first kappa shape index (κ1) is 11.5. The van der Waals surface area contributed by atoms with Gasteiger partial charge in [0.05, 0.1) is 0 Å². The van der Waals surface area contributed by atoms with E-state index >= 15 is 0 Å². The molecule has 0 saturated carbocycles. The maximum Gasteiger partial charge on any atom is 0.328 e. The molecule has 4 nitrogen and oxygen atoms in total. The minimum Gasteiger partial charge on any atom is -0.316 e. The van der Waals surface area contributed by atoms with E-state index in [2.05, 4.69) is 5.32 Å². The van der Waals surface area contributed by atoms with E-state index in [9.17, 15) is 4.79 Å². The lowest BCUT2D eigenvalue weighted by atomic mass is 10.00. The summed E-state index contributed by atoms with van der Waals surface area (Å²) in [6.07, 6.45) is 6.26. The van der Waals surface area contributed by atoms with Gasteiger partial charge in [-0.05, 0) is 45.7 Å². The summed E-state index contributed by atoms with van der Waals surface area (Å²) in [5, 5.41) is 3.38. The van der Waals surface area contributed by atoms with Crippen LogP contribution < -0.4 is 11.0 Å². The van der Waals surface area contributed by atoms with E-state index in [0.717, 1.165) is 19.6 Å². The first-order valence-electron chi connectivity index (χ1n) is 6.16. The Bertz CT molecular complexity index is 385. The molecule has 0 amide bonds. The van der Waals surface area contributed by atoms with Gasteiger partial charge in [-0.25, -0.2) is 4.79 Å². The zero-order valence-corrected chi connectivity index (χ0v) is 10.1. The Morgan fingerprint density at radius 3 is 2.88 bits per heavy atom. The van der Waals surface area contributed by atoms with E-state index in [1.165, 1.54) is 12.8 Å². The van der Waals surface area contributed by atoms with Gasteiger partial charge < -0.3 is 5.32 Å². The predicted molar refractivity (Wildman–Crippen MR) is 64.7 cm³/mol. The second kappa shape index (κ2) is 4.87. The molecule has 0 aliphatic carbocycles. The fraction of sp³-hybridized carbons (Fsp3) is 0.750. The Balaban J connectivity index is 2.06. The molecule has 1 aromatic rings. The van der Waals surface area contributed by atoms with Crippen molar-refractivity contribution in [2.75, 3.05) is 13.1 Å². The van der Waals surface area contributed by atoms with Gasteiger partial charge in [0, 0.05) is 25.0 Å². The van der Waals surface area contributed by atoms with Gasteiger partial charge in [-0.15, -0.1) is 0 Å². The van der Waals surface area contributed by atoms with Crippen LogP contribution in [0.15, 0.2) is 17.2 Å². The van der Waals surface area contributed by atoms with E-state index in [1.54, 1.807) is 4.57 Å². The molecule has 1 N–H and O–H groups in total. The molecule has 1 saturated heterocycles. The van der Waals surface area contributed by atoms with E-state index < -0.39 is 0 Å². The second-order valence-electron chi connectivity index (χ2n) is 4.95. The Morgan fingerprint density at radius 2 is 2.31 bits per heavy atom. The molecule has 1 aliphatic heterocycles. The lowest BCUT2D eigenvalue weighted by Crippen LogP contribution is -2.35. The Morgan fingerprint density at radius 1 is 1.50 bits per heavy atom. The quantitative estimate of drug-likeness (QED) is 0.837. The highest BCUT2D eigenvalue weighted by molar-refractivity contribution is 4.85. The molecular weight excluding hydrogens is 202 g/mol. The third kappa shape index (κ3) is 2.38. The normalized spacial score (nSPS) is 21.6. The highest BCUT2D eigenvalue weighted by atomic mass is 16.1. The average molecular weight is 223 g/mol. The van der Waals surface area contributed by atoms with Gasteiger partial charge in [0.15, 0.2) is 0 Å². The van der Waals surface area contributed by atoms with Crippen LogP contribution in [0.25, 0.3) is 0 Å². The van der Waals surface area contributed by atoms with Gasteiger partial charge in [-0.3, -0.25) is 9.13 Å². The lowest BCUT2D eigenvalue weighted by molar-refractivity contribution is 0.332. The molecule has 1 fully saturated rings. The van der Waals surface area contributed by atoms with E-state index in [1.807, 2.05) is 30.8 Å². The van der Waals surface area contributed by atoms with Gasteiger partial charge in [-0.1, -0.05) is 0 Å². The maximum atomic E-state index is 12.0. The Hall–Kier alpha value is -1.03.